The minimum absolute atomic E-state index is 0.0234. The number of rotatable bonds is 12. The van der Waals surface area contributed by atoms with E-state index >= 15 is 0 Å². The molecule has 3 atom stereocenters. The van der Waals surface area contributed by atoms with Crippen molar-refractivity contribution in [2.24, 2.45) is 22.4 Å². The SMILES string of the molecule is CCOC(=O)NC(CC1CCC1)C(=O)N1CCC[C@H]1C(=O)N[C@H](C=O)CCCN=C(N)N. The molecule has 0 radical (unpaired) electrons. The topological polar surface area (TPSA) is 169 Å². The molecule has 6 N–H and O–H groups in total. The minimum atomic E-state index is -0.728. The highest BCUT2D eigenvalue weighted by Gasteiger charge is 2.39. The molecule has 1 saturated carbocycles. The average Bonchev–Trinajstić information content (AvgIpc) is 3.21. The van der Waals surface area contributed by atoms with Crippen LogP contribution in [0.15, 0.2) is 4.99 Å². The summed E-state index contributed by atoms with van der Waals surface area (Å²) in [5, 5.41) is 5.40. The zero-order valence-electron chi connectivity index (χ0n) is 18.8. The van der Waals surface area contributed by atoms with Gasteiger partial charge in [0.05, 0.1) is 12.6 Å². The number of aldehydes is 1. The molecule has 1 unspecified atom stereocenters. The van der Waals surface area contributed by atoms with E-state index in [0.29, 0.717) is 57.4 Å². The maximum absolute atomic E-state index is 13.3. The molecule has 1 heterocycles. The van der Waals surface area contributed by atoms with Crippen LogP contribution in [0.3, 0.4) is 0 Å². The van der Waals surface area contributed by atoms with Gasteiger partial charge in [0.2, 0.25) is 11.8 Å². The van der Waals surface area contributed by atoms with Crippen LogP contribution in [0.5, 0.6) is 0 Å². The Labute approximate surface area is 188 Å². The summed E-state index contributed by atoms with van der Waals surface area (Å²) in [6.07, 6.45) is 5.85. The van der Waals surface area contributed by atoms with Crippen LogP contribution >= 0.6 is 0 Å². The first-order valence-electron chi connectivity index (χ1n) is 11.4. The fourth-order valence-electron chi connectivity index (χ4n) is 4.07. The van der Waals surface area contributed by atoms with Crippen molar-refractivity contribution in [3.05, 3.63) is 0 Å². The van der Waals surface area contributed by atoms with Crippen molar-refractivity contribution < 1.29 is 23.9 Å². The van der Waals surface area contributed by atoms with Crippen LogP contribution in [0.2, 0.25) is 0 Å². The van der Waals surface area contributed by atoms with Gasteiger partial charge in [0, 0.05) is 13.1 Å². The predicted molar refractivity (Wildman–Crippen MR) is 119 cm³/mol. The molecule has 3 amide bonds. The number of amides is 3. The van der Waals surface area contributed by atoms with Crippen molar-refractivity contribution in [3.63, 3.8) is 0 Å². The van der Waals surface area contributed by atoms with E-state index in [0.717, 1.165) is 19.3 Å². The fraction of sp³-hybridized carbons (Fsp3) is 0.762. The zero-order valence-corrected chi connectivity index (χ0v) is 18.8. The molecule has 0 aromatic carbocycles. The van der Waals surface area contributed by atoms with Gasteiger partial charge in [-0.3, -0.25) is 14.6 Å². The molecule has 0 aromatic rings. The van der Waals surface area contributed by atoms with E-state index < -0.39 is 24.2 Å². The molecule has 2 rings (SSSR count). The van der Waals surface area contributed by atoms with E-state index in [4.69, 9.17) is 16.2 Å². The third-order valence-corrected chi connectivity index (χ3v) is 5.96. The zero-order chi connectivity index (χ0) is 23.5. The number of carbonyl (C=O) groups excluding carboxylic acids is 4. The highest BCUT2D eigenvalue weighted by Crippen LogP contribution is 2.31. The number of nitrogens with zero attached hydrogens (tertiary/aromatic N) is 2. The summed E-state index contributed by atoms with van der Waals surface area (Å²) in [6.45, 7) is 2.70. The van der Waals surface area contributed by atoms with Crippen molar-refractivity contribution in [1.29, 1.82) is 0 Å². The molecule has 2 aliphatic rings. The number of ether oxygens (including phenoxy) is 1. The lowest BCUT2D eigenvalue weighted by molar-refractivity contribution is -0.140. The van der Waals surface area contributed by atoms with Gasteiger partial charge in [0.1, 0.15) is 18.4 Å². The number of aliphatic imine (C=N–C) groups is 1. The smallest absolute Gasteiger partial charge is 0.407 e. The van der Waals surface area contributed by atoms with Gasteiger partial charge >= 0.3 is 6.09 Å². The van der Waals surface area contributed by atoms with Gasteiger partial charge in [-0.15, -0.1) is 0 Å². The summed E-state index contributed by atoms with van der Waals surface area (Å²) in [5.74, 6) is -0.290. The Hall–Kier alpha value is -2.85. The van der Waals surface area contributed by atoms with Crippen molar-refractivity contribution in [3.8, 4) is 0 Å². The van der Waals surface area contributed by atoms with E-state index in [2.05, 4.69) is 15.6 Å². The lowest BCUT2D eigenvalue weighted by Crippen LogP contribution is -2.55. The second-order valence-electron chi connectivity index (χ2n) is 8.34. The molecule has 32 heavy (non-hydrogen) atoms. The Balaban J connectivity index is 1.97. The molecule has 2 fully saturated rings. The lowest BCUT2D eigenvalue weighted by Gasteiger charge is -2.33. The summed E-state index contributed by atoms with van der Waals surface area (Å²) >= 11 is 0. The summed E-state index contributed by atoms with van der Waals surface area (Å²) in [6, 6.07) is -2.08. The van der Waals surface area contributed by atoms with Gasteiger partial charge in [0.25, 0.3) is 0 Å². The largest absolute Gasteiger partial charge is 0.450 e. The molecule has 0 spiro atoms. The summed E-state index contributed by atoms with van der Waals surface area (Å²) < 4.78 is 4.96. The second kappa shape index (κ2) is 12.9. The van der Waals surface area contributed by atoms with E-state index in [1.54, 1.807) is 6.92 Å². The summed E-state index contributed by atoms with van der Waals surface area (Å²) in [5.41, 5.74) is 10.6. The molecule has 180 valence electrons. The highest BCUT2D eigenvalue weighted by molar-refractivity contribution is 5.92. The standard InChI is InChI=1S/C21H36N6O5/c1-2-32-21(31)26-16(12-14-6-3-7-14)19(30)27-11-5-9-17(27)18(29)25-15(13-28)8-4-10-24-20(22)23/h13-17H,2-12H2,1H3,(H,25,29)(H,26,31)(H4,22,23,24)/t15-,16?,17-/m0/s1. The number of guanidine groups is 1. The number of hydrogen-bond donors (Lipinski definition) is 4. The van der Waals surface area contributed by atoms with Gasteiger partial charge in [-0.1, -0.05) is 19.3 Å². The van der Waals surface area contributed by atoms with Gasteiger partial charge in [0.15, 0.2) is 5.96 Å². The number of nitrogens with two attached hydrogens (primary N) is 2. The maximum Gasteiger partial charge on any atom is 0.407 e. The van der Waals surface area contributed by atoms with Crippen LogP contribution in [0.4, 0.5) is 4.79 Å². The fourth-order valence-corrected chi connectivity index (χ4v) is 4.07. The summed E-state index contributed by atoms with van der Waals surface area (Å²) in [4.78, 5) is 54.9. The molecule has 0 bridgehead atoms. The third-order valence-electron chi connectivity index (χ3n) is 5.96. The van der Waals surface area contributed by atoms with E-state index in [1.165, 1.54) is 4.90 Å². The molecular weight excluding hydrogens is 416 g/mol. The van der Waals surface area contributed by atoms with Gasteiger partial charge in [-0.2, -0.15) is 0 Å². The first-order chi connectivity index (χ1) is 15.3. The number of carbonyl (C=O) groups is 4. The highest BCUT2D eigenvalue weighted by atomic mass is 16.5. The monoisotopic (exact) mass is 452 g/mol. The van der Waals surface area contributed by atoms with Crippen molar-refractivity contribution >= 4 is 30.2 Å². The lowest BCUT2D eigenvalue weighted by atomic mass is 9.80. The third kappa shape index (κ3) is 7.69. The van der Waals surface area contributed by atoms with Gasteiger partial charge in [-0.05, 0) is 44.9 Å². The van der Waals surface area contributed by atoms with Gasteiger partial charge < -0.3 is 36.5 Å². The maximum atomic E-state index is 13.3. The van der Waals surface area contributed by atoms with E-state index in [-0.39, 0.29) is 24.4 Å². The Morgan fingerprint density at radius 2 is 1.94 bits per heavy atom. The average molecular weight is 453 g/mol. The minimum Gasteiger partial charge on any atom is -0.450 e. The number of alkyl carbamates (subject to hydrolysis) is 1. The molecule has 1 aliphatic carbocycles. The van der Waals surface area contributed by atoms with Crippen molar-refractivity contribution in [2.45, 2.75) is 76.4 Å². The van der Waals surface area contributed by atoms with Crippen LogP contribution < -0.4 is 22.1 Å². The van der Waals surface area contributed by atoms with Crippen LogP contribution in [-0.2, 0) is 19.1 Å². The Bertz CT molecular complexity index is 692. The van der Waals surface area contributed by atoms with E-state index in [1.807, 2.05) is 0 Å². The molecule has 1 saturated heterocycles. The quantitative estimate of drug-likeness (QED) is 0.140. The summed E-state index contributed by atoms with van der Waals surface area (Å²) in [7, 11) is 0. The molecule has 1 aliphatic heterocycles. The van der Waals surface area contributed by atoms with E-state index in [9.17, 15) is 19.2 Å². The van der Waals surface area contributed by atoms with Crippen molar-refractivity contribution in [1.82, 2.24) is 15.5 Å². The Morgan fingerprint density at radius 1 is 1.19 bits per heavy atom. The van der Waals surface area contributed by atoms with Gasteiger partial charge in [-0.25, -0.2) is 4.79 Å². The van der Waals surface area contributed by atoms with Crippen molar-refractivity contribution in [2.75, 3.05) is 19.7 Å². The second-order valence-corrected chi connectivity index (χ2v) is 8.34. The van der Waals surface area contributed by atoms with Crippen LogP contribution in [0, 0.1) is 5.92 Å². The Morgan fingerprint density at radius 3 is 2.53 bits per heavy atom. The molecule has 11 heteroatoms. The molecule has 0 aromatic heterocycles. The van der Waals surface area contributed by atoms with Crippen LogP contribution in [0.25, 0.3) is 0 Å². The number of nitrogens with one attached hydrogen (secondary N) is 2. The number of likely N-dealkylation sites (tertiary alicyclic amines) is 1. The first kappa shape index (κ1) is 25.4. The number of hydrogen-bond acceptors (Lipinski definition) is 6. The first-order valence-corrected chi connectivity index (χ1v) is 11.4. The van der Waals surface area contributed by atoms with Crippen LogP contribution in [0.1, 0.15) is 58.3 Å². The molecular formula is C21H36N6O5. The Kier molecular flexibility index (Phi) is 10.2. The normalized spacial score (nSPS) is 19.9. The molecule has 11 nitrogen and oxygen atoms in total. The predicted octanol–water partition coefficient (Wildman–Crippen LogP) is 0.0196. The van der Waals surface area contributed by atoms with Crippen LogP contribution in [-0.4, -0.2) is 72.9 Å².